The Balaban J connectivity index is 1.87. The highest BCUT2D eigenvalue weighted by molar-refractivity contribution is 5.32. The highest BCUT2D eigenvalue weighted by Crippen LogP contribution is 2.30. The second-order valence-corrected chi connectivity index (χ2v) is 5.95. The monoisotopic (exact) mass is 259 g/mol. The van der Waals surface area contributed by atoms with Crippen LogP contribution in [0.4, 0.5) is 0 Å². The summed E-state index contributed by atoms with van der Waals surface area (Å²) in [7, 11) is 0. The van der Waals surface area contributed by atoms with Gasteiger partial charge in [0.1, 0.15) is 0 Å². The van der Waals surface area contributed by atoms with Gasteiger partial charge in [0, 0.05) is 6.04 Å². The van der Waals surface area contributed by atoms with Crippen LogP contribution in [0.25, 0.3) is 0 Å². The van der Waals surface area contributed by atoms with E-state index in [4.69, 9.17) is 0 Å². The van der Waals surface area contributed by atoms with E-state index in [0.717, 1.165) is 12.5 Å². The second-order valence-electron chi connectivity index (χ2n) is 5.95. The number of nitrogens with one attached hydrogen (secondary N) is 1. The summed E-state index contributed by atoms with van der Waals surface area (Å²) in [6, 6.07) is 9.72. The molecule has 1 nitrogen and oxygen atoms in total. The SMILES string of the molecule is CCCCCCC(NCC)C1Cc2ccccc2C1. The van der Waals surface area contributed by atoms with Crippen molar-refractivity contribution in [3.63, 3.8) is 0 Å². The van der Waals surface area contributed by atoms with Gasteiger partial charge in [-0.2, -0.15) is 0 Å². The zero-order valence-corrected chi connectivity index (χ0v) is 12.6. The van der Waals surface area contributed by atoms with E-state index in [0.29, 0.717) is 6.04 Å². The van der Waals surface area contributed by atoms with Crippen LogP contribution in [0.5, 0.6) is 0 Å². The average molecular weight is 259 g/mol. The number of hydrogen-bond acceptors (Lipinski definition) is 1. The third-order valence-electron chi connectivity index (χ3n) is 4.49. The fraction of sp³-hybridized carbons (Fsp3) is 0.667. The first-order valence-electron chi connectivity index (χ1n) is 8.15. The van der Waals surface area contributed by atoms with Gasteiger partial charge in [-0.05, 0) is 42.9 Å². The molecule has 0 amide bonds. The Bertz CT molecular complexity index is 347. The van der Waals surface area contributed by atoms with Crippen LogP contribution in [0.15, 0.2) is 24.3 Å². The summed E-state index contributed by atoms with van der Waals surface area (Å²) < 4.78 is 0. The highest BCUT2D eigenvalue weighted by atomic mass is 14.9. The first-order valence-corrected chi connectivity index (χ1v) is 8.15. The van der Waals surface area contributed by atoms with Crippen molar-refractivity contribution < 1.29 is 0 Å². The molecule has 0 spiro atoms. The summed E-state index contributed by atoms with van der Waals surface area (Å²) in [4.78, 5) is 0. The molecule has 1 aliphatic carbocycles. The minimum atomic E-state index is 0.717. The zero-order valence-electron chi connectivity index (χ0n) is 12.6. The molecule has 19 heavy (non-hydrogen) atoms. The predicted octanol–water partition coefficient (Wildman–Crippen LogP) is 4.35. The molecular weight excluding hydrogens is 230 g/mol. The summed E-state index contributed by atoms with van der Waals surface area (Å²) in [6.07, 6.45) is 9.43. The van der Waals surface area contributed by atoms with Gasteiger partial charge >= 0.3 is 0 Å². The zero-order chi connectivity index (χ0) is 13.5. The lowest BCUT2D eigenvalue weighted by Gasteiger charge is -2.24. The fourth-order valence-corrected chi connectivity index (χ4v) is 3.44. The number of unbranched alkanes of at least 4 members (excludes halogenated alkanes) is 3. The predicted molar refractivity (Wildman–Crippen MR) is 83.6 cm³/mol. The standard InChI is InChI=1S/C18H29N/c1-3-5-6-7-12-18(19-4-2)17-13-15-10-8-9-11-16(15)14-17/h8-11,17-19H,3-7,12-14H2,1-2H3. The van der Waals surface area contributed by atoms with Crippen molar-refractivity contribution in [2.45, 2.75) is 64.8 Å². The van der Waals surface area contributed by atoms with Crippen LogP contribution in [-0.2, 0) is 12.8 Å². The Hall–Kier alpha value is -0.820. The van der Waals surface area contributed by atoms with E-state index >= 15 is 0 Å². The van der Waals surface area contributed by atoms with E-state index in [-0.39, 0.29) is 0 Å². The molecule has 0 aliphatic heterocycles. The summed E-state index contributed by atoms with van der Waals surface area (Å²) in [5, 5.41) is 3.74. The molecule has 0 saturated heterocycles. The summed E-state index contributed by atoms with van der Waals surface area (Å²) in [6.45, 7) is 5.63. The number of fused-ring (bicyclic) bond motifs is 1. The molecule has 1 aromatic carbocycles. The molecule has 106 valence electrons. The topological polar surface area (TPSA) is 12.0 Å². The summed E-state index contributed by atoms with van der Waals surface area (Å²) >= 11 is 0. The minimum absolute atomic E-state index is 0.717. The molecule has 1 aromatic rings. The van der Waals surface area contributed by atoms with Crippen LogP contribution >= 0.6 is 0 Å². The fourth-order valence-electron chi connectivity index (χ4n) is 3.44. The number of rotatable bonds is 8. The molecule has 0 fully saturated rings. The third kappa shape index (κ3) is 4.07. The molecule has 1 heteroatoms. The van der Waals surface area contributed by atoms with Gasteiger partial charge in [-0.3, -0.25) is 0 Å². The van der Waals surface area contributed by atoms with Crippen LogP contribution < -0.4 is 5.32 Å². The molecule has 0 radical (unpaired) electrons. The molecular formula is C18H29N. The van der Waals surface area contributed by atoms with E-state index in [9.17, 15) is 0 Å². The molecule has 0 bridgehead atoms. The van der Waals surface area contributed by atoms with E-state index in [2.05, 4.69) is 43.4 Å². The third-order valence-corrected chi connectivity index (χ3v) is 4.49. The quantitative estimate of drug-likeness (QED) is 0.684. The van der Waals surface area contributed by atoms with Crippen molar-refractivity contribution in [3.05, 3.63) is 35.4 Å². The number of benzene rings is 1. The van der Waals surface area contributed by atoms with Crippen molar-refractivity contribution >= 4 is 0 Å². The Kier molecular flexibility index (Phi) is 5.91. The first kappa shape index (κ1) is 14.6. The van der Waals surface area contributed by atoms with Gasteiger partial charge < -0.3 is 5.32 Å². The molecule has 0 heterocycles. The first-order chi connectivity index (χ1) is 9.35. The van der Waals surface area contributed by atoms with Crippen molar-refractivity contribution in [1.29, 1.82) is 0 Å². The van der Waals surface area contributed by atoms with Crippen molar-refractivity contribution in [3.8, 4) is 0 Å². The van der Waals surface area contributed by atoms with Crippen molar-refractivity contribution in [2.24, 2.45) is 5.92 Å². The van der Waals surface area contributed by atoms with Gasteiger partial charge in [-0.15, -0.1) is 0 Å². The van der Waals surface area contributed by atoms with Crippen LogP contribution in [0.3, 0.4) is 0 Å². The largest absolute Gasteiger partial charge is 0.314 e. The van der Waals surface area contributed by atoms with Gasteiger partial charge in [0.2, 0.25) is 0 Å². The maximum atomic E-state index is 3.74. The Labute approximate surface area is 118 Å². The van der Waals surface area contributed by atoms with Crippen molar-refractivity contribution in [1.82, 2.24) is 5.32 Å². The van der Waals surface area contributed by atoms with Crippen LogP contribution in [0.2, 0.25) is 0 Å². The maximum Gasteiger partial charge on any atom is 0.0102 e. The average Bonchev–Trinajstić information content (AvgIpc) is 2.86. The van der Waals surface area contributed by atoms with Crippen molar-refractivity contribution in [2.75, 3.05) is 6.54 Å². The highest BCUT2D eigenvalue weighted by Gasteiger charge is 2.27. The normalized spacial score (nSPS) is 16.5. The lowest BCUT2D eigenvalue weighted by Crippen LogP contribution is -2.36. The van der Waals surface area contributed by atoms with Gasteiger partial charge in [0.05, 0.1) is 0 Å². The van der Waals surface area contributed by atoms with E-state index in [1.807, 2.05) is 0 Å². The molecule has 1 N–H and O–H groups in total. The smallest absolute Gasteiger partial charge is 0.0102 e. The van der Waals surface area contributed by atoms with Crippen LogP contribution in [-0.4, -0.2) is 12.6 Å². The molecule has 1 atom stereocenters. The van der Waals surface area contributed by atoms with E-state index in [1.165, 1.54) is 44.9 Å². The Morgan fingerprint density at radius 2 is 1.74 bits per heavy atom. The minimum Gasteiger partial charge on any atom is -0.314 e. The molecule has 1 unspecified atom stereocenters. The molecule has 1 aliphatic rings. The summed E-state index contributed by atoms with van der Waals surface area (Å²) in [5.74, 6) is 0.818. The molecule has 0 aromatic heterocycles. The lowest BCUT2D eigenvalue weighted by atomic mass is 9.92. The molecule has 2 rings (SSSR count). The van der Waals surface area contributed by atoms with Crippen LogP contribution in [0, 0.1) is 5.92 Å². The van der Waals surface area contributed by atoms with Gasteiger partial charge in [-0.25, -0.2) is 0 Å². The van der Waals surface area contributed by atoms with Crippen LogP contribution in [0.1, 0.15) is 57.1 Å². The Morgan fingerprint density at radius 1 is 1.05 bits per heavy atom. The van der Waals surface area contributed by atoms with Gasteiger partial charge in [-0.1, -0.05) is 63.8 Å². The van der Waals surface area contributed by atoms with Gasteiger partial charge in [0.25, 0.3) is 0 Å². The van der Waals surface area contributed by atoms with E-state index in [1.54, 1.807) is 11.1 Å². The van der Waals surface area contributed by atoms with E-state index < -0.39 is 0 Å². The number of hydrogen-bond donors (Lipinski definition) is 1. The molecule has 0 saturated carbocycles. The second kappa shape index (κ2) is 7.69. The summed E-state index contributed by atoms with van der Waals surface area (Å²) in [5.41, 5.74) is 3.17. The maximum absolute atomic E-state index is 3.74. The lowest BCUT2D eigenvalue weighted by molar-refractivity contribution is 0.340. The van der Waals surface area contributed by atoms with Gasteiger partial charge in [0.15, 0.2) is 0 Å². The Morgan fingerprint density at radius 3 is 2.32 bits per heavy atom.